The van der Waals surface area contributed by atoms with Crippen LogP contribution in [0.5, 0.6) is 0 Å². The first-order chi connectivity index (χ1) is 9.70. The van der Waals surface area contributed by atoms with Gasteiger partial charge in [0.1, 0.15) is 5.82 Å². The molecule has 0 radical (unpaired) electrons. The van der Waals surface area contributed by atoms with Crippen LogP contribution in [0, 0.1) is 5.82 Å². The van der Waals surface area contributed by atoms with Gasteiger partial charge in [0.2, 0.25) is 0 Å². The summed E-state index contributed by atoms with van der Waals surface area (Å²) in [6.45, 7) is 3.92. The minimum absolute atomic E-state index is 0.173. The molecule has 20 heavy (non-hydrogen) atoms. The Labute approximate surface area is 132 Å². The van der Waals surface area contributed by atoms with E-state index in [0.717, 1.165) is 28.9 Å². The zero-order chi connectivity index (χ0) is 14.4. The fraction of sp³-hybridized carbons (Fsp3) is 0.250. The van der Waals surface area contributed by atoms with Gasteiger partial charge in [0.25, 0.3) is 0 Å². The quantitative estimate of drug-likeness (QED) is 0.712. The molecule has 0 amide bonds. The smallest absolute Gasteiger partial charge is 0.137 e. The van der Waals surface area contributed by atoms with Crippen LogP contribution in [0.1, 0.15) is 18.9 Å². The van der Waals surface area contributed by atoms with E-state index in [4.69, 9.17) is 0 Å². The Balaban J connectivity index is 2.20. The van der Waals surface area contributed by atoms with Crippen molar-refractivity contribution in [3.05, 3.63) is 58.3 Å². The van der Waals surface area contributed by atoms with Crippen LogP contribution in [-0.4, -0.2) is 6.54 Å². The first-order valence-corrected chi connectivity index (χ1v) is 8.23. The van der Waals surface area contributed by atoms with Crippen LogP contribution < -0.4 is 5.32 Å². The topological polar surface area (TPSA) is 12.0 Å². The van der Waals surface area contributed by atoms with Crippen LogP contribution in [0.25, 0.3) is 0 Å². The van der Waals surface area contributed by atoms with Gasteiger partial charge in [-0.25, -0.2) is 4.39 Å². The van der Waals surface area contributed by atoms with E-state index in [1.54, 1.807) is 6.07 Å². The highest BCUT2D eigenvalue weighted by Crippen LogP contribution is 2.33. The van der Waals surface area contributed by atoms with Crippen LogP contribution in [0.4, 0.5) is 4.39 Å². The van der Waals surface area contributed by atoms with Crippen molar-refractivity contribution in [2.45, 2.75) is 29.7 Å². The third kappa shape index (κ3) is 4.33. The Bertz CT molecular complexity index is 574. The molecule has 0 aliphatic heterocycles. The van der Waals surface area contributed by atoms with Gasteiger partial charge < -0.3 is 5.32 Å². The molecule has 0 aliphatic rings. The van der Waals surface area contributed by atoms with Crippen molar-refractivity contribution < 1.29 is 4.39 Å². The molecule has 4 heteroatoms. The van der Waals surface area contributed by atoms with Crippen molar-refractivity contribution in [1.29, 1.82) is 0 Å². The highest BCUT2D eigenvalue weighted by Gasteiger charge is 2.08. The number of nitrogens with one attached hydrogen (secondary N) is 1. The highest BCUT2D eigenvalue weighted by atomic mass is 79.9. The predicted molar refractivity (Wildman–Crippen MR) is 86.7 cm³/mol. The lowest BCUT2D eigenvalue weighted by Gasteiger charge is -2.11. The third-order valence-corrected chi connectivity index (χ3v) is 4.48. The molecule has 2 aromatic carbocycles. The van der Waals surface area contributed by atoms with Crippen molar-refractivity contribution in [3.8, 4) is 0 Å². The molecule has 2 rings (SSSR count). The van der Waals surface area contributed by atoms with E-state index in [-0.39, 0.29) is 5.82 Å². The summed E-state index contributed by atoms with van der Waals surface area (Å²) in [5, 5.41) is 3.39. The van der Waals surface area contributed by atoms with Gasteiger partial charge in [-0.05, 0) is 48.9 Å². The maximum atomic E-state index is 13.7. The SMILES string of the molecule is CCCNCc1cc(Br)ccc1Sc1ccccc1F. The number of benzene rings is 2. The van der Waals surface area contributed by atoms with Crippen LogP contribution >= 0.6 is 27.7 Å². The van der Waals surface area contributed by atoms with E-state index in [9.17, 15) is 4.39 Å². The molecule has 0 atom stereocenters. The minimum Gasteiger partial charge on any atom is -0.313 e. The molecule has 1 nitrogen and oxygen atoms in total. The summed E-state index contributed by atoms with van der Waals surface area (Å²) in [6, 6.07) is 13.0. The molecule has 2 aromatic rings. The van der Waals surface area contributed by atoms with Crippen molar-refractivity contribution in [2.75, 3.05) is 6.54 Å². The number of hydrogen-bond acceptors (Lipinski definition) is 2. The fourth-order valence-corrected chi connectivity index (χ4v) is 3.19. The predicted octanol–water partition coefficient (Wildman–Crippen LogP) is 5.24. The van der Waals surface area contributed by atoms with E-state index in [1.165, 1.54) is 23.4 Å². The summed E-state index contributed by atoms with van der Waals surface area (Å²) in [4.78, 5) is 1.74. The first-order valence-electron chi connectivity index (χ1n) is 6.62. The molecule has 0 heterocycles. The van der Waals surface area contributed by atoms with Crippen molar-refractivity contribution >= 4 is 27.7 Å². The van der Waals surface area contributed by atoms with Gasteiger partial charge in [-0.1, -0.05) is 46.7 Å². The van der Waals surface area contributed by atoms with Crippen molar-refractivity contribution in [1.82, 2.24) is 5.32 Å². The van der Waals surface area contributed by atoms with Gasteiger partial charge in [0.05, 0.1) is 0 Å². The Kier molecular flexibility index (Phi) is 6.07. The molecule has 0 aliphatic carbocycles. The molecule has 0 spiro atoms. The summed E-state index contributed by atoms with van der Waals surface area (Å²) in [5.41, 5.74) is 1.18. The summed E-state index contributed by atoms with van der Waals surface area (Å²) < 4.78 is 14.8. The van der Waals surface area contributed by atoms with Gasteiger partial charge >= 0.3 is 0 Å². The Morgan fingerprint density at radius 1 is 1.15 bits per heavy atom. The van der Waals surface area contributed by atoms with Crippen LogP contribution in [-0.2, 0) is 6.54 Å². The molecular formula is C16H17BrFNS. The molecule has 0 saturated carbocycles. The maximum Gasteiger partial charge on any atom is 0.137 e. The van der Waals surface area contributed by atoms with Gasteiger partial charge in [-0.2, -0.15) is 0 Å². The van der Waals surface area contributed by atoms with Crippen molar-refractivity contribution in [3.63, 3.8) is 0 Å². The lowest BCUT2D eigenvalue weighted by atomic mass is 10.2. The normalized spacial score (nSPS) is 10.8. The third-order valence-electron chi connectivity index (χ3n) is 2.82. The van der Waals surface area contributed by atoms with E-state index in [1.807, 2.05) is 24.3 Å². The highest BCUT2D eigenvalue weighted by molar-refractivity contribution is 9.10. The first kappa shape index (κ1) is 15.5. The van der Waals surface area contributed by atoms with Crippen molar-refractivity contribution in [2.24, 2.45) is 0 Å². The Hall–Kier alpha value is -0.840. The molecule has 106 valence electrons. The fourth-order valence-electron chi connectivity index (χ4n) is 1.83. The van der Waals surface area contributed by atoms with Gasteiger partial charge in [-0.15, -0.1) is 0 Å². The Morgan fingerprint density at radius 3 is 2.70 bits per heavy atom. The Morgan fingerprint density at radius 2 is 1.95 bits per heavy atom. The average Bonchev–Trinajstić information content (AvgIpc) is 2.44. The van der Waals surface area contributed by atoms with Gasteiger partial charge in [0, 0.05) is 20.8 Å². The monoisotopic (exact) mass is 353 g/mol. The molecule has 0 fully saturated rings. The lowest BCUT2D eigenvalue weighted by Crippen LogP contribution is -2.14. The minimum atomic E-state index is -0.173. The molecule has 0 bridgehead atoms. The zero-order valence-corrected chi connectivity index (χ0v) is 13.7. The molecular weight excluding hydrogens is 337 g/mol. The summed E-state index contributed by atoms with van der Waals surface area (Å²) in [7, 11) is 0. The lowest BCUT2D eigenvalue weighted by molar-refractivity contribution is 0.602. The molecule has 0 unspecified atom stereocenters. The largest absolute Gasteiger partial charge is 0.313 e. The maximum absolute atomic E-state index is 13.7. The number of halogens is 2. The van der Waals surface area contributed by atoms with Gasteiger partial charge in [-0.3, -0.25) is 0 Å². The van der Waals surface area contributed by atoms with E-state index in [0.29, 0.717) is 4.90 Å². The molecule has 0 saturated heterocycles. The van der Waals surface area contributed by atoms with Crippen LogP contribution in [0.2, 0.25) is 0 Å². The number of hydrogen-bond donors (Lipinski definition) is 1. The second-order valence-electron chi connectivity index (χ2n) is 4.46. The summed E-state index contributed by atoms with van der Waals surface area (Å²) in [6.07, 6.45) is 1.10. The molecule has 0 aromatic heterocycles. The number of rotatable bonds is 6. The average molecular weight is 354 g/mol. The zero-order valence-electron chi connectivity index (χ0n) is 11.3. The molecule has 1 N–H and O–H groups in total. The second-order valence-corrected chi connectivity index (χ2v) is 6.46. The summed E-state index contributed by atoms with van der Waals surface area (Å²) in [5.74, 6) is -0.173. The van der Waals surface area contributed by atoms with Crippen LogP contribution in [0.3, 0.4) is 0 Å². The second kappa shape index (κ2) is 7.81. The van der Waals surface area contributed by atoms with Crippen LogP contribution in [0.15, 0.2) is 56.7 Å². The summed E-state index contributed by atoms with van der Waals surface area (Å²) >= 11 is 4.97. The van der Waals surface area contributed by atoms with E-state index in [2.05, 4.69) is 34.2 Å². The standard InChI is InChI=1S/C16H17BrFNS/c1-2-9-19-11-12-10-13(17)7-8-15(12)20-16-6-4-3-5-14(16)18/h3-8,10,19H,2,9,11H2,1H3. The van der Waals surface area contributed by atoms with E-state index >= 15 is 0 Å². The van der Waals surface area contributed by atoms with E-state index < -0.39 is 0 Å². The van der Waals surface area contributed by atoms with Gasteiger partial charge in [0.15, 0.2) is 0 Å².